The molecule has 3 rings (SSSR count). The summed E-state index contributed by atoms with van der Waals surface area (Å²) in [5.74, 6) is 1.89. The molecule has 1 aromatic heterocycles. The Hall–Kier alpha value is -1.35. The number of aromatic nitrogens is 2. The molecule has 1 aliphatic rings. The molecular formula is C17H25N3. The van der Waals surface area contributed by atoms with Crippen LogP contribution in [0.4, 0.5) is 0 Å². The van der Waals surface area contributed by atoms with Crippen molar-refractivity contribution in [3.8, 4) is 0 Å². The van der Waals surface area contributed by atoms with E-state index in [0.29, 0.717) is 5.92 Å². The third-order valence-electron chi connectivity index (χ3n) is 4.63. The molecule has 20 heavy (non-hydrogen) atoms. The molecule has 0 atom stereocenters. The summed E-state index contributed by atoms with van der Waals surface area (Å²) in [6.45, 7) is 4.08. The summed E-state index contributed by atoms with van der Waals surface area (Å²) in [5.41, 5.74) is 9.35. The molecule has 0 spiro atoms. The first-order valence-corrected chi connectivity index (χ1v) is 7.72. The van der Waals surface area contributed by atoms with Crippen molar-refractivity contribution in [2.45, 2.75) is 57.4 Å². The predicted molar refractivity (Wildman–Crippen MR) is 83.8 cm³/mol. The maximum atomic E-state index is 6.20. The number of hydrogen-bond donors (Lipinski definition) is 1. The van der Waals surface area contributed by atoms with Gasteiger partial charge in [0, 0.05) is 18.5 Å². The lowest BCUT2D eigenvalue weighted by molar-refractivity contribution is 0.423. The van der Waals surface area contributed by atoms with E-state index in [1.54, 1.807) is 0 Å². The van der Waals surface area contributed by atoms with E-state index in [2.05, 4.69) is 29.8 Å². The molecular weight excluding hydrogens is 246 g/mol. The molecule has 0 amide bonds. The summed E-state index contributed by atoms with van der Waals surface area (Å²) in [4.78, 5) is 4.92. The van der Waals surface area contributed by atoms with Gasteiger partial charge in [-0.25, -0.2) is 4.98 Å². The fourth-order valence-electron chi connectivity index (χ4n) is 3.35. The van der Waals surface area contributed by atoms with Gasteiger partial charge < -0.3 is 10.3 Å². The van der Waals surface area contributed by atoms with Crippen molar-refractivity contribution in [3.05, 3.63) is 29.6 Å². The van der Waals surface area contributed by atoms with Gasteiger partial charge in [-0.15, -0.1) is 0 Å². The minimum atomic E-state index is -0.309. The van der Waals surface area contributed by atoms with Crippen LogP contribution in [0.2, 0.25) is 0 Å². The van der Waals surface area contributed by atoms with E-state index in [4.69, 9.17) is 10.7 Å². The molecule has 0 unspecified atom stereocenters. The summed E-state index contributed by atoms with van der Waals surface area (Å²) >= 11 is 0. The Morgan fingerprint density at radius 3 is 2.55 bits per heavy atom. The van der Waals surface area contributed by atoms with Gasteiger partial charge in [0.1, 0.15) is 5.82 Å². The van der Waals surface area contributed by atoms with E-state index < -0.39 is 0 Å². The molecule has 108 valence electrons. The molecule has 0 bridgehead atoms. The van der Waals surface area contributed by atoms with Crippen LogP contribution in [-0.4, -0.2) is 9.55 Å². The molecule has 1 saturated carbocycles. The van der Waals surface area contributed by atoms with Crippen molar-refractivity contribution < 1.29 is 0 Å². The fourth-order valence-corrected chi connectivity index (χ4v) is 3.35. The van der Waals surface area contributed by atoms with Gasteiger partial charge in [0.2, 0.25) is 0 Å². The van der Waals surface area contributed by atoms with Crippen LogP contribution in [-0.2, 0) is 12.6 Å². The predicted octanol–water partition coefficient (Wildman–Crippen LogP) is 3.81. The second kappa shape index (κ2) is 4.88. The lowest BCUT2D eigenvalue weighted by Crippen LogP contribution is -2.28. The van der Waals surface area contributed by atoms with E-state index >= 15 is 0 Å². The largest absolute Gasteiger partial charge is 0.331 e. The van der Waals surface area contributed by atoms with Crippen LogP contribution in [0.3, 0.4) is 0 Å². The van der Waals surface area contributed by atoms with Crippen LogP contribution in [0, 0.1) is 0 Å². The van der Waals surface area contributed by atoms with Gasteiger partial charge in [-0.05, 0) is 44.4 Å². The Morgan fingerprint density at radius 2 is 1.90 bits per heavy atom. The van der Waals surface area contributed by atoms with Crippen LogP contribution in [0.25, 0.3) is 11.0 Å². The summed E-state index contributed by atoms with van der Waals surface area (Å²) < 4.78 is 2.28. The van der Waals surface area contributed by atoms with Gasteiger partial charge in [0.25, 0.3) is 0 Å². The molecule has 0 radical (unpaired) electrons. The highest BCUT2D eigenvalue weighted by atomic mass is 15.1. The second-order valence-electron chi connectivity index (χ2n) is 6.79. The highest BCUT2D eigenvalue weighted by Crippen LogP contribution is 2.34. The normalized spacial score (nSPS) is 17.8. The number of hydrogen-bond acceptors (Lipinski definition) is 2. The second-order valence-corrected chi connectivity index (χ2v) is 6.79. The van der Waals surface area contributed by atoms with Crippen molar-refractivity contribution in [1.82, 2.24) is 9.55 Å². The van der Waals surface area contributed by atoms with Crippen molar-refractivity contribution in [3.63, 3.8) is 0 Å². The van der Waals surface area contributed by atoms with Gasteiger partial charge >= 0.3 is 0 Å². The van der Waals surface area contributed by atoms with E-state index in [1.807, 2.05) is 13.8 Å². The molecule has 2 N–H and O–H groups in total. The van der Waals surface area contributed by atoms with Gasteiger partial charge in [-0.1, -0.05) is 25.3 Å². The Labute approximate surface area is 121 Å². The highest BCUT2D eigenvalue weighted by molar-refractivity contribution is 5.77. The number of nitrogens with two attached hydrogens (primary N) is 1. The molecule has 1 aromatic carbocycles. The number of fused-ring (bicyclic) bond motifs is 1. The minimum absolute atomic E-state index is 0.309. The molecule has 0 aliphatic heterocycles. The van der Waals surface area contributed by atoms with Crippen LogP contribution < -0.4 is 5.73 Å². The lowest BCUT2D eigenvalue weighted by Gasteiger charge is -2.21. The zero-order chi connectivity index (χ0) is 14.3. The SMILES string of the molecule is Cn1c(C2CCCCC2)nc2cc(C(C)(C)N)ccc21. The molecule has 3 heteroatoms. The third kappa shape index (κ3) is 2.35. The Kier molecular flexibility index (Phi) is 3.33. The van der Waals surface area contributed by atoms with Crippen LogP contribution >= 0.6 is 0 Å². The van der Waals surface area contributed by atoms with Crippen molar-refractivity contribution in [2.75, 3.05) is 0 Å². The number of benzene rings is 1. The summed E-state index contributed by atoms with van der Waals surface area (Å²) in [5, 5.41) is 0. The Bertz CT molecular complexity index is 613. The first-order chi connectivity index (χ1) is 9.47. The molecule has 1 heterocycles. The zero-order valence-electron chi connectivity index (χ0n) is 12.8. The third-order valence-corrected chi connectivity index (χ3v) is 4.63. The maximum Gasteiger partial charge on any atom is 0.112 e. The molecule has 2 aromatic rings. The van der Waals surface area contributed by atoms with E-state index in [1.165, 1.54) is 43.4 Å². The Morgan fingerprint density at radius 1 is 1.20 bits per heavy atom. The number of rotatable bonds is 2. The molecule has 1 fully saturated rings. The quantitative estimate of drug-likeness (QED) is 0.902. The van der Waals surface area contributed by atoms with E-state index in [9.17, 15) is 0 Å². The average molecular weight is 271 g/mol. The topological polar surface area (TPSA) is 43.8 Å². The first kappa shape index (κ1) is 13.6. The summed E-state index contributed by atoms with van der Waals surface area (Å²) in [6, 6.07) is 6.45. The first-order valence-electron chi connectivity index (χ1n) is 7.72. The smallest absolute Gasteiger partial charge is 0.112 e. The zero-order valence-corrected chi connectivity index (χ0v) is 12.8. The van der Waals surface area contributed by atoms with Crippen LogP contribution in [0.15, 0.2) is 18.2 Å². The standard InChI is InChI=1S/C17H25N3/c1-17(2,18)13-9-10-15-14(11-13)19-16(20(15)3)12-7-5-4-6-8-12/h9-12H,4-8,18H2,1-3H3. The molecule has 3 nitrogen and oxygen atoms in total. The number of imidazole rings is 1. The van der Waals surface area contributed by atoms with Crippen LogP contribution in [0.1, 0.15) is 63.3 Å². The van der Waals surface area contributed by atoms with Gasteiger partial charge in [-0.3, -0.25) is 0 Å². The highest BCUT2D eigenvalue weighted by Gasteiger charge is 2.22. The fraction of sp³-hybridized carbons (Fsp3) is 0.588. The van der Waals surface area contributed by atoms with Crippen LogP contribution in [0.5, 0.6) is 0 Å². The summed E-state index contributed by atoms with van der Waals surface area (Å²) in [6.07, 6.45) is 6.63. The number of nitrogens with zero attached hydrogens (tertiary/aromatic N) is 2. The van der Waals surface area contributed by atoms with E-state index in [0.717, 1.165) is 11.1 Å². The maximum absolute atomic E-state index is 6.20. The lowest BCUT2D eigenvalue weighted by atomic mass is 9.89. The van der Waals surface area contributed by atoms with Gasteiger partial charge in [0.05, 0.1) is 11.0 Å². The Balaban J connectivity index is 2.04. The van der Waals surface area contributed by atoms with Gasteiger partial charge in [-0.2, -0.15) is 0 Å². The molecule has 0 saturated heterocycles. The monoisotopic (exact) mass is 271 g/mol. The van der Waals surface area contributed by atoms with Crippen molar-refractivity contribution in [2.24, 2.45) is 12.8 Å². The number of aryl methyl sites for hydroxylation is 1. The van der Waals surface area contributed by atoms with Crippen molar-refractivity contribution >= 4 is 11.0 Å². The minimum Gasteiger partial charge on any atom is -0.331 e. The van der Waals surface area contributed by atoms with Crippen molar-refractivity contribution in [1.29, 1.82) is 0 Å². The average Bonchev–Trinajstić information content (AvgIpc) is 2.76. The van der Waals surface area contributed by atoms with E-state index in [-0.39, 0.29) is 5.54 Å². The summed E-state index contributed by atoms with van der Waals surface area (Å²) in [7, 11) is 2.15. The van der Waals surface area contributed by atoms with Gasteiger partial charge in [0.15, 0.2) is 0 Å². The molecule has 1 aliphatic carbocycles.